The first kappa shape index (κ1) is 18.5. The highest BCUT2D eigenvalue weighted by atomic mass is 35.5. The molecule has 0 aromatic heterocycles. The second-order valence-corrected chi connectivity index (χ2v) is 6.04. The minimum atomic E-state index is -1.42. The predicted octanol–water partition coefficient (Wildman–Crippen LogP) is 3.30. The van der Waals surface area contributed by atoms with Crippen molar-refractivity contribution in [3.05, 3.63) is 76.0 Å². The number of carboxylic acid groups (broad SMARTS) is 1. The zero-order chi connectivity index (χ0) is 19.6. The first-order chi connectivity index (χ1) is 12.9. The molecule has 2 aromatic carbocycles. The van der Waals surface area contributed by atoms with Crippen LogP contribution >= 0.6 is 11.6 Å². The highest BCUT2D eigenvalue weighted by molar-refractivity contribution is 6.42. The van der Waals surface area contributed by atoms with Crippen molar-refractivity contribution >= 4 is 35.2 Å². The molecular weight excluding hydrogens is 374 g/mol. The molecule has 0 saturated carbocycles. The number of hydrogen-bond donors (Lipinski definition) is 2. The number of benzene rings is 2. The van der Waals surface area contributed by atoms with Gasteiger partial charge in [-0.2, -0.15) is 0 Å². The molecule has 27 heavy (non-hydrogen) atoms. The van der Waals surface area contributed by atoms with Gasteiger partial charge in [-0.15, -0.1) is 0 Å². The maximum atomic E-state index is 12.4. The zero-order valence-electron chi connectivity index (χ0n) is 14.1. The summed E-state index contributed by atoms with van der Waals surface area (Å²) in [7, 11) is 0. The topological polar surface area (TPSA) is 102 Å². The van der Waals surface area contributed by atoms with Crippen molar-refractivity contribution in [2.24, 2.45) is 0 Å². The fraction of sp³-hybridized carbons (Fsp3) is 0.105. The molecule has 1 aliphatic rings. The number of nitrogens with one attached hydrogen (secondary N) is 1. The molecule has 1 aliphatic heterocycles. The van der Waals surface area contributed by atoms with Crippen LogP contribution < -0.4 is 5.32 Å². The van der Waals surface area contributed by atoms with E-state index in [2.05, 4.69) is 5.32 Å². The van der Waals surface area contributed by atoms with Crippen molar-refractivity contribution in [3.63, 3.8) is 0 Å². The summed E-state index contributed by atoms with van der Waals surface area (Å²) in [6.07, 6.45) is -1.42. The maximum Gasteiger partial charge on any atom is 0.355 e. The van der Waals surface area contributed by atoms with Crippen LogP contribution in [0.3, 0.4) is 0 Å². The lowest BCUT2D eigenvalue weighted by molar-refractivity contribution is -0.152. The van der Waals surface area contributed by atoms with E-state index in [1.807, 2.05) is 0 Å². The van der Waals surface area contributed by atoms with E-state index in [4.69, 9.17) is 21.1 Å². The Morgan fingerprint density at radius 3 is 2.41 bits per heavy atom. The fourth-order valence-electron chi connectivity index (χ4n) is 2.50. The highest BCUT2D eigenvalue weighted by Crippen LogP contribution is 2.30. The summed E-state index contributed by atoms with van der Waals surface area (Å²) in [5.74, 6) is -2.76. The monoisotopic (exact) mass is 387 g/mol. The Morgan fingerprint density at radius 1 is 1.11 bits per heavy atom. The Bertz CT molecular complexity index is 968. The number of carbonyl (C=O) groups is 3. The molecule has 1 heterocycles. The van der Waals surface area contributed by atoms with E-state index in [-0.39, 0.29) is 22.0 Å². The zero-order valence-corrected chi connectivity index (χ0v) is 14.8. The number of carboxylic acids is 1. The fourth-order valence-corrected chi connectivity index (χ4v) is 2.69. The number of rotatable bonds is 5. The van der Waals surface area contributed by atoms with Crippen molar-refractivity contribution in [2.75, 3.05) is 5.32 Å². The second-order valence-electron chi connectivity index (χ2n) is 5.66. The number of esters is 2. The van der Waals surface area contributed by atoms with Crippen molar-refractivity contribution in [1.29, 1.82) is 0 Å². The molecule has 8 heteroatoms. The van der Waals surface area contributed by atoms with Gasteiger partial charge < -0.3 is 19.9 Å². The number of ether oxygens (including phenoxy) is 2. The molecule has 0 amide bonds. The van der Waals surface area contributed by atoms with Crippen molar-refractivity contribution in [1.82, 2.24) is 0 Å². The first-order valence-corrected chi connectivity index (χ1v) is 8.23. The summed E-state index contributed by atoms with van der Waals surface area (Å²) in [5.41, 5.74) is 1.08. The van der Waals surface area contributed by atoms with E-state index in [9.17, 15) is 19.5 Å². The molecular formula is C19H14ClNO6. The lowest BCUT2D eigenvalue weighted by atomic mass is 10.1. The number of hydrogen-bond acceptors (Lipinski definition) is 6. The van der Waals surface area contributed by atoms with Crippen LogP contribution in [0.4, 0.5) is 5.69 Å². The molecule has 0 fully saturated rings. The SMILES string of the molecule is Cc1ccccc1C(=O)OC1OC(=O)C(Cl)=C1Nc1ccccc1C(=O)O. The van der Waals surface area contributed by atoms with E-state index in [1.54, 1.807) is 43.3 Å². The molecule has 1 atom stereocenters. The Hall–Kier alpha value is -3.32. The van der Waals surface area contributed by atoms with Crippen LogP contribution in [0.1, 0.15) is 26.3 Å². The van der Waals surface area contributed by atoms with E-state index < -0.39 is 24.2 Å². The lowest BCUT2D eigenvalue weighted by Crippen LogP contribution is -2.25. The Kier molecular flexibility index (Phi) is 5.14. The summed E-state index contributed by atoms with van der Waals surface area (Å²) in [6, 6.07) is 12.8. The van der Waals surface area contributed by atoms with Crippen molar-refractivity contribution < 1.29 is 29.0 Å². The van der Waals surface area contributed by atoms with Gasteiger partial charge in [-0.05, 0) is 30.7 Å². The summed E-state index contributed by atoms with van der Waals surface area (Å²) >= 11 is 5.97. The van der Waals surface area contributed by atoms with Crippen LogP contribution in [0, 0.1) is 6.92 Å². The molecule has 0 bridgehead atoms. The summed E-state index contributed by atoms with van der Waals surface area (Å²) in [4.78, 5) is 35.6. The van der Waals surface area contributed by atoms with Gasteiger partial charge in [0.2, 0.25) is 0 Å². The number of aromatic carboxylic acids is 1. The van der Waals surface area contributed by atoms with Crippen LogP contribution in [-0.4, -0.2) is 29.3 Å². The average molecular weight is 388 g/mol. The van der Waals surface area contributed by atoms with Crippen LogP contribution in [0.25, 0.3) is 0 Å². The largest absolute Gasteiger partial charge is 0.478 e. The molecule has 2 aromatic rings. The number of carbonyl (C=O) groups excluding carboxylic acids is 2. The molecule has 0 aliphatic carbocycles. The standard InChI is InChI=1S/C19H14ClNO6/c1-10-6-2-3-7-11(10)17(24)26-19-15(14(20)18(25)27-19)21-13-9-5-4-8-12(13)16(22)23/h2-9,19,21H,1H3,(H,22,23). The van der Waals surface area contributed by atoms with Gasteiger partial charge in [0.15, 0.2) is 5.03 Å². The van der Waals surface area contributed by atoms with Gasteiger partial charge in [0.1, 0.15) is 5.70 Å². The number of halogens is 1. The molecule has 2 N–H and O–H groups in total. The first-order valence-electron chi connectivity index (χ1n) is 7.85. The van der Waals surface area contributed by atoms with E-state index in [0.717, 1.165) is 0 Å². The quantitative estimate of drug-likeness (QED) is 0.759. The van der Waals surface area contributed by atoms with E-state index in [0.29, 0.717) is 11.1 Å². The van der Waals surface area contributed by atoms with Gasteiger partial charge in [-0.25, -0.2) is 14.4 Å². The molecule has 0 saturated heterocycles. The predicted molar refractivity (Wildman–Crippen MR) is 96.4 cm³/mol. The van der Waals surface area contributed by atoms with Crippen molar-refractivity contribution in [3.8, 4) is 0 Å². The van der Waals surface area contributed by atoms with Crippen molar-refractivity contribution in [2.45, 2.75) is 13.2 Å². The molecule has 3 rings (SSSR count). The van der Waals surface area contributed by atoms with Crippen LogP contribution in [-0.2, 0) is 14.3 Å². The van der Waals surface area contributed by atoms with Crippen LogP contribution in [0.5, 0.6) is 0 Å². The molecule has 0 spiro atoms. The van der Waals surface area contributed by atoms with Crippen LogP contribution in [0.2, 0.25) is 0 Å². The lowest BCUT2D eigenvalue weighted by Gasteiger charge is -2.17. The molecule has 0 radical (unpaired) electrons. The third kappa shape index (κ3) is 3.78. The van der Waals surface area contributed by atoms with Gasteiger partial charge in [0.05, 0.1) is 16.8 Å². The summed E-state index contributed by atoms with van der Waals surface area (Å²) in [6.45, 7) is 1.74. The van der Waals surface area contributed by atoms with Crippen LogP contribution in [0.15, 0.2) is 59.3 Å². The van der Waals surface area contributed by atoms with Gasteiger partial charge >= 0.3 is 17.9 Å². The normalized spacial score (nSPS) is 16.1. The third-order valence-electron chi connectivity index (χ3n) is 3.87. The molecule has 7 nitrogen and oxygen atoms in total. The third-order valence-corrected chi connectivity index (χ3v) is 4.23. The Balaban J connectivity index is 1.87. The second kappa shape index (κ2) is 7.51. The Morgan fingerprint density at radius 2 is 1.74 bits per heavy atom. The minimum Gasteiger partial charge on any atom is -0.478 e. The summed E-state index contributed by atoms with van der Waals surface area (Å²) in [5, 5.41) is 11.7. The van der Waals surface area contributed by atoms with Gasteiger partial charge in [-0.3, -0.25) is 0 Å². The highest BCUT2D eigenvalue weighted by Gasteiger charge is 2.37. The number of anilines is 1. The van der Waals surface area contributed by atoms with E-state index in [1.165, 1.54) is 12.1 Å². The molecule has 1 unspecified atom stereocenters. The van der Waals surface area contributed by atoms with Gasteiger partial charge in [0.25, 0.3) is 6.29 Å². The Labute approximate surface area is 159 Å². The van der Waals surface area contributed by atoms with Gasteiger partial charge in [0, 0.05) is 0 Å². The number of cyclic esters (lactones) is 1. The summed E-state index contributed by atoms with van der Waals surface area (Å²) < 4.78 is 10.3. The van der Waals surface area contributed by atoms with Gasteiger partial charge in [-0.1, -0.05) is 41.9 Å². The maximum absolute atomic E-state index is 12.4. The minimum absolute atomic E-state index is 0.0437. The average Bonchev–Trinajstić information content (AvgIpc) is 2.90. The smallest absolute Gasteiger partial charge is 0.355 e. The molecule has 138 valence electrons. The number of para-hydroxylation sites is 1. The number of aryl methyl sites for hydroxylation is 1. The van der Waals surface area contributed by atoms with E-state index >= 15 is 0 Å².